The average Bonchev–Trinajstić information content (AvgIpc) is 3.12. The Morgan fingerprint density at radius 2 is 2.06 bits per heavy atom. The average molecular weight is 486 g/mol. The van der Waals surface area contributed by atoms with Crippen molar-refractivity contribution in [3.8, 4) is 11.6 Å². The van der Waals surface area contributed by atoms with Gasteiger partial charge in [-0.25, -0.2) is 9.78 Å². The van der Waals surface area contributed by atoms with E-state index in [1.54, 1.807) is 23.1 Å². The van der Waals surface area contributed by atoms with E-state index in [9.17, 15) is 18.0 Å². The molecule has 1 unspecified atom stereocenters. The number of rotatable bonds is 4. The Morgan fingerprint density at radius 1 is 1.26 bits per heavy atom. The van der Waals surface area contributed by atoms with Gasteiger partial charge in [-0.3, -0.25) is 5.32 Å². The number of halogens is 3. The van der Waals surface area contributed by atoms with Crippen LogP contribution in [0.4, 0.5) is 23.8 Å². The van der Waals surface area contributed by atoms with Gasteiger partial charge in [0.25, 0.3) is 0 Å². The Kier molecular flexibility index (Phi) is 6.81. The minimum atomic E-state index is -4.45. The summed E-state index contributed by atoms with van der Waals surface area (Å²) in [5, 5.41) is 6.64. The quantitative estimate of drug-likeness (QED) is 0.458. The van der Waals surface area contributed by atoms with E-state index in [1.165, 1.54) is 11.6 Å². The summed E-state index contributed by atoms with van der Waals surface area (Å²) >= 11 is 0. The second-order valence-electron chi connectivity index (χ2n) is 8.53. The van der Waals surface area contributed by atoms with E-state index in [0.29, 0.717) is 31.1 Å². The van der Waals surface area contributed by atoms with Gasteiger partial charge in [-0.15, -0.1) is 0 Å². The Balaban J connectivity index is 1.39. The Hall–Kier alpha value is -3.82. The first-order chi connectivity index (χ1) is 16.6. The number of amides is 2. The van der Waals surface area contributed by atoms with Crippen molar-refractivity contribution in [2.24, 2.45) is 5.92 Å². The topological polar surface area (TPSA) is 80.5 Å². The van der Waals surface area contributed by atoms with Gasteiger partial charge < -0.3 is 14.2 Å². The molecule has 2 amide bonds. The van der Waals surface area contributed by atoms with E-state index in [2.05, 4.69) is 28.5 Å². The third kappa shape index (κ3) is 5.82. The van der Waals surface area contributed by atoms with Crippen LogP contribution in [0.2, 0.25) is 0 Å². The minimum absolute atomic E-state index is 0.0766. The number of nitrogens with one attached hydrogen (secondary N) is 1. The van der Waals surface area contributed by atoms with Gasteiger partial charge >= 0.3 is 12.2 Å². The van der Waals surface area contributed by atoms with E-state index < -0.39 is 11.7 Å². The monoisotopic (exact) mass is 486 g/mol. The third-order valence-electron chi connectivity index (χ3n) is 5.96. The molecule has 3 aromatic rings. The Labute approximate surface area is 200 Å². The van der Waals surface area contributed by atoms with Gasteiger partial charge in [-0.1, -0.05) is 35.9 Å². The number of benzene rings is 1. The van der Waals surface area contributed by atoms with Crippen LogP contribution in [0, 0.1) is 19.8 Å². The molecule has 0 bridgehead atoms. The number of hydrogen-bond acceptors (Lipinski definition) is 5. The molecule has 184 valence electrons. The standard InChI is InChI=1S/C25H25F3N4O3/c1-15-14-32(24(33)30-23-16(2)17(3)31-35-23)10-9-19(15)11-18-5-4-6-21(12-18)34-22-8-7-20(13-29-22)25(26,27)28/h4-8,11-13,15H,9-10,14H2,1-3H3,(H,30,33). The summed E-state index contributed by atoms with van der Waals surface area (Å²) < 4.78 is 49.0. The molecule has 1 N–H and O–H groups in total. The minimum Gasteiger partial charge on any atom is -0.439 e. The number of alkyl halides is 3. The molecule has 4 rings (SSSR count). The van der Waals surface area contributed by atoms with Crippen LogP contribution < -0.4 is 10.1 Å². The first-order valence-electron chi connectivity index (χ1n) is 11.1. The molecule has 3 heterocycles. The number of aromatic nitrogens is 2. The number of urea groups is 1. The van der Waals surface area contributed by atoms with Crippen molar-refractivity contribution >= 4 is 18.0 Å². The SMILES string of the molecule is Cc1noc(NC(=O)N2CCC(=Cc3cccc(Oc4ccc(C(F)(F)F)cn4)c3)C(C)C2)c1C. The predicted octanol–water partition coefficient (Wildman–Crippen LogP) is 6.45. The maximum absolute atomic E-state index is 12.7. The van der Waals surface area contributed by atoms with Gasteiger partial charge in [0, 0.05) is 30.9 Å². The molecular weight excluding hydrogens is 461 g/mol. The number of hydrogen-bond donors (Lipinski definition) is 1. The fourth-order valence-electron chi connectivity index (χ4n) is 3.77. The zero-order valence-electron chi connectivity index (χ0n) is 19.5. The van der Waals surface area contributed by atoms with Crippen LogP contribution in [0.3, 0.4) is 0 Å². The number of nitrogens with zero attached hydrogens (tertiary/aromatic N) is 3. The Bertz CT molecular complexity index is 1240. The van der Waals surface area contributed by atoms with Crippen LogP contribution in [0.25, 0.3) is 6.08 Å². The highest BCUT2D eigenvalue weighted by Gasteiger charge is 2.30. The van der Waals surface area contributed by atoms with Crippen LogP contribution in [-0.4, -0.2) is 34.2 Å². The lowest BCUT2D eigenvalue weighted by atomic mass is 9.91. The number of likely N-dealkylation sites (tertiary alicyclic amines) is 1. The van der Waals surface area contributed by atoms with Crippen molar-refractivity contribution in [2.75, 3.05) is 18.4 Å². The second-order valence-corrected chi connectivity index (χ2v) is 8.53. The lowest BCUT2D eigenvalue weighted by Gasteiger charge is -2.33. The Morgan fingerprint density at radius 3 is 2.69 bits per heavy atom. The van der Waals surface area contributed by atoms with Crippen LogP contribution >= 0.6 is 0 Å². The first-order valence-corrected chi connectivity index (χ1v) is 11.1. The van der Waals surface area contributed by atoms with Crippen LogP contribution in [0.1, 0.15) is 35.7 Å². The highest BCUT2D eigenvalue weighted by atomic mass is 19.4. The van der Waals surface area contributed by atoms with Crippen LogP contribution in [0.5, 0.6) is 11.6 Å². The number of carbonyl (C=O) groups is 1. The van der Waals surface area contributed by atoms with Crippen molar-refractivity contribution in [1.82, 2.24) is 15.0 Å². The largest absolute Gasteiger partial charge is 0.439 e. The molecule has 0 aliphatic carbocycles. The molecule has 1 aliphatic rings. The van der Waals surface area contributed by atoms with Crippen molar-refractivity contribution in [2.45, 2.75) is 33.4 Å². The van der Waals surface area contributed by atoms with Gasteiger partial charge in [0.15, 0.2) is 0 Å². The number of pyridine rings is 1. The van der Waals surface area contributed by atoms with Gasteiger partial charge in [0.1, 0.15) is 5.75 Å². The molecule has 1 atom stereocenters. The molecule has 0 saturated carbocycles. The number of ether oxygens (including phenoxy) is 1. The normalized spacial score (nSPS) is 17.5. The van der Waals surface area contributed by atoms with E-state index in [1.807, 2.05) is 19.9 Å². The molecule has 1 aromatic carbocycles. The maximum atomic E-state index is 12.7. The molecule has 10 heteroatoms. The van der Waals surface area contributed by atoms with E-state index in [4.69, 9.17) is 9.26 Å². The van der Waals surface area contributed by atoms with Crippen LogP contribution in [0.15, 0.2) is 52.7 Å². The lowest BCUT2D eigenvalue weighted by Crippen LogP contribution is -2.42. The molecule has 0 radical (unpaired) electrons. The molecule has 7 nitrogen and oxygen atoms in total. The van der Waals surface area contributed by atoms with Crippen molar-refractivity contribution in [3.05, 3.63) is 70.6 Å². The molecule has 1 fully saturated rings. The second kappa shape index (κ2) is 9.81. The summed E-state index contributed by atoms with van der Waals surface area (Å²) in [6.07, 6.45) is -0.943. The predicted molar refractivity (Wildman–Crippen MR) is 124 cm³/mol. The zero-order chi connectivity index (χ0) is 25.2. The summed E-state index contributed by atoms with van der Waals surface area (Å²) in [6, 6.07) is 9.14. The summed E-state index contributed by atoms with van der Waals surface area (Å²) in [5.74, 6) is 1.04. The lowest BCUT2D eigenvalue weighted by molar-refractivity contribution is -0.137. The fourth-order valence-corrected chi connectivity index (χ4v) is 3.77. The van der Waals surface area contributed by atoms with E-state index in [0.717, 1.165) is 29.1 Å². The highest BCUT2D eigenvalue weighted by molar-refractivity contribution is 5.88. The maximum Gasteiger partial charge on any atom is 0.417 e. The van der Waals surface area contributed by atoms with E-state index in [-0.39, 0.29) is 17.8 Å². The van der Waals surface area contributed by atoms with Crippen molar-refractivity contribution < 1.29 is 27.2 Å². The third-order valence-corrected chi connectivity index (χ3v) is 5.96. The molecule has 1 aliphatic heterocycles. The van der Waals surface area contributed by atoms with Crippen LogP contribution in [-0.2, 0) is 6.18 Å². The highest BCUT2D eigenvalue weighted by Crippen LogP contribution is 2.31. The molecule has 0 spiro atoms. The molecular formula is C25H25F3N4O3. The summed E-state index contributed by atoms with van der Waals surface area (Å²) in [6.45, 7) is 6.82. The first kappa shape index (κ1) is 24.3. The van der Waals surface area contributed by atoms with E-state index >= 15 is 0 Å². The number of carbonyl (C=O) groups excluding carboxylic acids is 1. The summed E-state index contributed by atoms with van der Waals surface area (Å²) in [7, 11) is 0. The summed E-state index contributed by atoms with van der Waals surface area (Å²) in [5.41, 5.74) is 2.78. The van der Waals surface area contributed by atoms with Crippen molar-refractivity contribution in [3.63, 3.8) is 0 Å². The number of anilines is 1. The van der Waals surface area contributed by atoms with Gasteiger partial charge in [-0.05, 0) is 49.9 Å². The van der Waals surface area contributed by atoms with Gasteiger partial charge in [0.05, 0.1) is 11.3 Å². The van der Waals surface area contributed by atoms with Crippen molar-refractivity contribution in [1.29, 1.82) is 0 Å². The molecule has 35 heavy (non-hydrogen) atoms. The van der Waals surface area contributed by atoms with Gasteiger partial charge in [0.2, 0.25) is 11.8 Å². The smallest absolute Gasteiger partial charge is 0.417 e. The fraction of sp³-hybridized carbons (Fsp3) is 0.320. The zero-order valence-corrected chi connectivity index (χ0v) is 19.5. The molecule has 1 saturated heterocycles. The molecule has 2 aromatic heterocycles. The number of aryl methyl sites for hydroxylation is 1. The summed E-state index contributed by atoms with van der Waals surface area (Å²) in [4.78, 5) is 18.1. The van der Waals surface area contributed by atoms with Gasteiger partial charge in [-0.2, -0.15) is 13.2 Å². The number of piperidine rings is 1.